The second kappa shape index (κ2) is 5.10. The van der Waals surface area contributed by atoms with Crippen LogP contribution in [0.15, 0.2) is 16.9 Å². The summed E-state index contributed by atoms with van der Waals surface area (Å²) < 4.78 is 10.5. The number of nitrogens with one attached hydrogen (secondary N) is 1. The third kappa shape index (κ3) is 2.52. The second-order valence-corrected chi connectivity index (χ2v) is 4.74. The summed E-state index contributed by atoms with van der Waals surface area (Å²) in [7, 11) is 1.74. The normalized spacial score (nSPS) is 24.1. The number of methoxy groups -OCH3 is 1. The van der Waals surface area contributed by atoms with Crippen LogP contribution >= 0.6 is 0 Å². The highest BCUT2D eigenvalue weighted by Gasteiger charge is 2.35. The van der Waals surface area contributed by atoms with E-state index in [1.165, 1.54) is 0 Å². The first-order chi connectivity index (χ1) is 9.26. The molecule has 0 unspecified atom stereocenters. The molecule has 3 heterocycles. The topological polar surface area (TPSA) is 80.1 Å². The predicted molar refractivity (Wildman–Crippen MR) is 66.2 cm³/mol. The Labute approximate surface area is 111 Å². The Hall–Kier alpha value is -1.73. The molecular formula is C12H17N5O2. The molecule has 0 bridgehead atoms. The zero-order chi connectivity index (χ0) is 13.2. The number of likely N-dealkylation sites (tertiary alicyclic amines) is 1. The number of nitrogens with zero attached hydrogens (tertiary/aromatic N) is 4. The van der Waals surface area contributed by atoms with Gasteiger partial charge in [0.25, 0.3) is 0 Å². The van der Waals surface area contributed by atoms with Crippen molar-refractivity contribution in [1.29, 1.82) is 0 Å². The summed E-state index contributed by atoms with van der Waals surface area (Å²) in [5.41, 5.74) is 0. The molecule has 2 aromatic rings. The van der Waals surface area contributed by atoms with Crippen molar-refractivity contribution in [3.8, 4) is 0 Å². The lowest BCUT2D eigenvalue weighted by Crippen LogP contribution is -2.25. The van der Waals surface area contributed by atoms with E-state index in [4.69, 9.17) is 9.26 Å². The Kier molecular flexibility index (Phi) is 3.31. The van der Waals surface area contributed by atoms with Crippen molar-refractivity contribution in [1.82, 2.24) is 25.0 Å². The molecule has 1 N–H and O–H groups in total. The van der Waals surface area contributed by atoms with Gasteiger partial charge in [-0.3, -0.25) is 4.90 Å². The average Bonchev–Trinajstić information content (AvgIpc) is 3.10. The Morgan fingerprint density at radius 2 is 2.47 bits per heavy atom. The van der Waals surface area contributed by atoms with Crippen molar-refractivity contribution >= 4 is 0 Å². The first kappa shape index (κ1) is 12.3. The number of rotatable bonds is 4. The molecule has 1 saturated heterocycles. The van der Waals surface area contributed by atoms with Crippen LogP contribution in [0.3, 0.4) is 0 Å². The lowest BCUT2D eigenvalue weighted by Gasteiger charge is -2.20. The number of imidazole rings is 1. The monoisotopic (exact) mass is 263 g/mol. The van der Waals surface area contributed by atoms with E-state index in [9.17, 15) is 0 Å². The van der Waals surface area contributed by atoms with E-state index in [0.29, 0.717) is 18.3 Å². The third-order valence-electron chi connectivity index (χ3n) is 3.45. The third-order valence-corrected chi connectivity index (χ3v) is 3.45. The van der Waals surface area contributed by atoms with Crippen molar-refractivity contribution in [3.05, 3.63) is 29.9 Å². The highest BCUT2D eigenvalue weighted by molar-refractivity contribution is 5.02. The van der Waals surface area contributed by atoms with Crippen molar-refractivity contribution in [2.45, 2.75) is 32.0 Å². The Bertz CT molecular complexity index is 524. The molecule has 0 aromatic carbocycles. The quantitative estimate of drug-likeness (QED) is 0.888. The van der Waals surface area contributed by atoms with E-state index in [1.54, 1.807) is 20.2 Å². The predicted octanol–water partition coefficient (Wildman–Crippen LogP) is 1.06. The second-order valence-electron chi connectivity index (χ2n) is 4.74. The fourth-order valence-electron chi connectivity index (χ4n) is 2.54. The van der Waals surface area contributed by atoms with Crippen LogP contribution in [-0.2, 0) is 11.3 Å². The van der Waals surface area contributed by atoms with Crippen LogP contribution < -0.4 is 0 Å². The van der Waals surface area contributed by atoms with Crippen LogP contribution in [-0.4, -0.2) is 44.8 Å². The molecular weight excluding hydrogens is 246 g/mol. The maximum atomic E-state index is 5.47. The molecule has 2 atom stereocenters. The van der Waals surface area contributed by atoms with Gasteiger partial charge in [0, 0.05) is 33.0 Å². The summed E-state index contributed by atoms with van der Waals surface area (Å²) in [5, 5.41) is 3.95. The molecule has 0 saturated carbocycles. The van der Waals surface area contributed by atoms with E-state index in [0.717, 1.165) is 18.8 Å². The minimum absolute atomic E-state index is 0.207. The van der Waals surface area contributed by atoms with Gasteiger partial charge in [-0.2, -0.15) is 4.98 Å². The molecule has 3 rings (SSSR count). The standard InChI is InChI=1S/C12H17N5O2/c1-8-15-11(16-19-8)7-17-6-9(18-2)5-10(17)12-13-3-4-14-12/h3-4,9-10H,5-7H2,1-2H3,(H,13,14)/t9-,10+/m1/s1. The summed E-state index contributed by atoms with van der Waals surface area (Å²) in [6, 6.07) is 0.207. The summed E-state index contributed by atoms with van der Waals surface area (Å²) in [6.07, 6.45) is 4.74. The van der Waals surface area contributed by atoms with E-state index in [1.807, 2.05) is 6.20 Å². The number of aromatic amines is 1. The van der Waals surface area contributed by atoms with Gasteiger partial charge in [0.05, 0.1) is 18.7 Å². The number of hydrogen-bond donors (Lipinski definition) is 1. The van der Waals surface area contributed by atoms with Crippen LogP contribution in [0.25, 0.3) is 0 Å². The fraction of sp³-hybridized carbons (Fsp3) is 0.583. The van der Waals surface area contributed by atoms with E-state index in [2.05, 4.69) is 25.0 Å². The molecule has 7 nitrogen and oxygen atoms in total. The summed E-state index contributed by atoms with van der Waals surface area (Å²) in [5.74, 6) is 2.25. The molecule has 0 spiro atoms. The molecule has 0 radical (unpaired) electrons. The van der Waals surface area contributed by atoms with E-state index < -0.39 is 0 Å². The Balaban J connectivity index is 1.77. The molecule has 7 heteroatoms. The average molecular weight is 263 g/mol. The number of aromatic nitrogens is 4. The van der Waals surface area contributed by atoms with Gasteiger partial charge in [-0.15, -0.1) is 0 Å². The maximum Gasteiger partial charge on any atom is 0.223 e. The number of H-pyrrole nitrogens is 1. The lowest BCUT2D eigenvalue weighted by atomic mass is 10.2. The van der Waals surface area contributed by atoms with Gasteiger partial charge >= 0.3 is 0 Å². The van der Waals surface area contributed by atoms with Crippen molar-refractivity contribution < 1.29 is 9.26 Å². The zero-order valence-corrected chi connectivity index (χ0v) is 11.0. The van der Waals surface area contributed by atoms with E-state index in [-0.39, 0.29) is 12.1 Å². The highest BCUT2D eigenvalue weighted by atomic mass is 16.5. The number of ether oxygens (including phenoxy) is 1. The van der Waals surface area contributed by atoms with Crippen LogP contribution in [0.5, 0.6) is 0 Å². The minimum Gasteiger partial charge on any atom is -0.380 e. The van der Waals surface area contributed by atoms with Crippen molar-refractivity contribution in [2.24, 2.45) is 0 Å². The zero-order valence-electron chi connectivity index (χ0n) is 11.0. The minimum atomic E-state index is 0.207. The smallest absolute Gasteiger partial charge is 0.223 e. The van der Waals surface area contributed by atoms with Gasteiger partial charge in [0.1, 0.15) is 5.82 Å². The van der Waals surface area contributed by atoms with Crippen molar-refractivity contribution in [3.63, 3.8) is 0 Å². The van der Waals surface area contributed by atoms with Gasteiger partial charge in [0.15, 0.2) is 5.82 Å². The molecule has 102 valence electrons. The van der Waals surface area contributed by atoms with Crippen LogP contribution in [0.2, 0.25) is 0 Å². The van der Waals surface area contributed by atoms with Gasteiger partial charge in [-0.05, 0) is 6.42 Å². The highest BCUT2D eigenvalue weighted by Crippen LogP contribution is 2.32. The maximum absolute atomic E-state index is 5.47. The molecule has 19 heavy (non-hydrogen) atoms. The summed E-state index contributed by atoms with van der Waals surface area (Å²) >= 11 is 0. The fourth-order valence-corrected chi connectivity index (χ4v) is 2.54. The van der Waals surface area contributed by atoms with E-state index >= 15 is 0 Å². The van der Waals surface area contributed by atoms with Crippen molar-refractivity contribution in [2.75, 3.05) is 13.7 Å². The molecule has 1 aliphatic rings. The summed E-state index contributed by atoms with van der Waals surface area (Å²) in [4.78, 5) is 14.0. The van der Waals surface area contributed by atoms with Crippen LogP contribution in [0.4, 0.5) is 0 Å². The van der Waals surface area contributed by atoms with Gasteiger partial charge in [0.2, 0.25) is 5.89 Å². The van der Waals surface area contributed by atoms with Crippen LogP contribution in [0.1, 0.15) is 30.0 Å². The Morgan fingerprint density at radius 1 is 1.58 bits per heavy atom. The number of aryl methyl sites for hydroxylation is 1. The largest absolute Gasteiger partial charge is 0.380 e. The van der Waals surface area contributed by atoms with Gasteiger partial charge in [-0.25, -0.2) is 4.98 Å². The SMILES string of the molecule is CO[C@@H]1C[C@@H](c2ncc[nH]2)N(Cc2noc(C)n2)C1. The van der Waals surface area contributed by atoms with Crippen LogP contribution in [0, 0.1) is 6.92 Å². The molecule has 0 aliphatic carbocycles. The first-order valence-corrected chi connectivity index (χ1v) is 6.31. The molecule has 1 fully saturated rings. The molecule has 0 amide bonds. The molecule has 2 aromatic heterocycles. The first-order valence-electron chi connectivity index (χ1n) is 6.31. The lowest BCUT2D eigenvalue weighted by molar-refractivity contribution is 0.106. The van der Waals surface area contributed by atoms with Gasteiger partial charge in [-0.1, -0.05) is 5.16 Å². The summed E-state index contributed by atoms with van der Waals surface area (Å²) in [6.45, 7) is 3.28. The molecule has 1 aliphatic heterocycles. The Morgan fingerprint density at radius 3 is 3.11 bits per heavy atom. The number of hydrogen-bond acceptors (Lipinski definition) is 6. The van der Waals surface area contributed by atoms with Gasteiger partial charge < -0.3 is 14.2 Å².